The van der Waals surface area contributed by atoms with E-state index in [0.29, 0.717) is 11.4 Å². The Morgan fingerprint density at radius 1 is 0.938 bits per heavy atom. The van der Waals surface area contributed by atoms with Crippen molar-refractivity contribution in [3.05, 3.63) is 54.1 Å². The quantitative estimate of drug-likeness (QED) is 0.762. The van der Waals surface area contributed by atoms with Crippen molar-refractivity contribution in [1.82, 2.24) is 0 Å². The van der Waals surface area contributed by atoms with Gasteiger partial charge in [0.25, 0.3) is 0 Å². The van der Waals surface area contributed by atoms with E-state index in [0.717, 1.165) is 0 Å². The molecule has 0 aromatic heterocycles. The number of hydrogen-bond acceptors (Lipinski definition) is 2. The topological polar surface area (TPSA) is 38.0 Å². The molecule has 0 spiro atoms. The largest absolute Gasteiger partial charge is 0.396 e. The van der Waals surface area contributed by atoms with Crippen LogP contribution in [0.15, 0.2) is 42.5 Å². The zero-order valence-corrected chi connectivity index (χ0v) is 8.37. The molecule has 82 valence electrons. The Balaban J connectivity index is 2.28. The highest BCUT2D eigenvalue weighted by Gasteiger charge is 2.03. The van der Waals surface area contributed by atoms with Crippen LogP contribution in [-0.4, -0.2) is 0 Å². The van der Waals surface area contributed by atoms with Crippen LogP contribution in [0.3, 0.4) is 0 Å². The van der Waals surface area contributed by atoms with Gasteiger partial charge in [-0.25, -0.2) is 8.78 Å². The first kappa shape index (κ1) is 10.4. The van der Waals surface area contributed by atoms with Gasteiger partial charge in [-0.3, -0.25) is 0 Å². The van der Waals surface area contributed by atoms with Crippen LogP contribution in [-0.2, 0) is 0 Å². The van der Waals surface area contributed by atoms with Crippen LogP contribution in [0.4, 0.5) is 25.8 Å². The van der Waals surface area contributed by atoms with Gasteiger partial charge in [0.15, 0.2) is 0 Å². The van der Waals surface area contributed by atoms with E-state index in [4.69, 9.17) is 5.73 Å². The lowest BCUT2D eigenvalue weighted by Gasteiger charge is -2.07. The Morgan fingerprint density at radius 3 is 2.38 bits per heavy atom. The molecule has 2 aromatic carbocycles. The molecule has 16 heavy (non-hydrogen) atoms. The van der Waals surface area contributed by atoms with Gasteiger partial charge in [0.2, 0.25) is 0 Å². The first-order valence-corrected chi connectivity index (χ1v) is 4.73. The molecule has 0 heterocycles. The summed E-state index contributed by atoms with van der Waals surface area (Å²) < 4.78 is 26.4. The molecular formula is C12H10F2N2. The highest BCUT2D eigenvalue weighted by Crippen LogP contribution is 2.22. The van der Waals surface area contributed by atoms with Crippen LogP contribution in [0.25, 0.3) is 0 Å². The first-order chi connectivity index (χ1) is 7.66. The molecule has 0 radical (unpaired) electrons. The van der Waals surface area contributed by atoms with Crippen molar-refractivity contribution in [2.24, 2.45) is 0 Å². The molecule has 2 nitrogen and oxygen atoms in total. The third-order valence-electron chi connectivity index (χ3n) is 2.15. The summed E-state index contributed by atoms with van der Waals surface area (Å²) >= 11 is 0. The Bertz CT molecular complexity index is 512. The summed E-state index contributed by atoms with van der Waals surface area (Å²) in [7, 11) is 0. The van der Waals surface area contributed by atoms with E-state index < -0.39 is 5.82 Å². The normalized spacial score (nSPS) is 10.1. The van der Waals surface area contributed by atoms with E-state index in [2.05, 4.69) is 5.32 Å². The lowest BCUT2D eigenvalue weighted by atomic mass is 10.2. The predicted molar refractivity (Wildman–Crippen MR) is 60.5 cm³/mol. The van der Waals surface area contributed by atoms with Gasteiger partial charge >= 0.3 is 0 Å². The second kappa shape index (κ2) is 4.18. The summed E-state index contributed by atoms with van der Waals surface area (Å²) in [6.07, 6.45) is 0. The number of nitrogen functional groups attached to an aromatic ring is 1. The molecule has 0 bridgehead atoms. The lowest BCUT2D eigenvalue weighted by Crippen LogP contribution is -1.96. The number of anilines is 3. The van der Waals surface area contributed by atoms with Crippen molar-refractivity contribution in [2.45, 2.75) is 0 Å². The van der Waals surface area contributed by atoms with Crippen LogP contribution >= 0.6 is 0 Å². The number of halogens is 2. The van der Waals surface area contributed by atoms with Crippen molar-refractivity contribution in [3.8, 4) is 0 Å². The monoisotopic (exact) mass is 220 g/mol. The summed E-state index contributed by atoms with van der Waals surface area (Å²) in [5.74, 6) is -0.916. The number of para-hydroxylation sites is 1. The average molecular weight is 220 g/mol. The van der Waals surface area contributed by atoms with Crippen LogP contribution in [0.2, 0.25) is 0 Å². The summed E-state index contributed by atoms with van der Waals surface area (Å²) in [6.45, 7) is 0. The second-order valence-corrected chi connectivity index (χ2v) is 3.34. The van der Waals surface area contributed by atoms with Gasteiger partial charge in [0.1, 0.15) is 11.6 Å². The maximum Gasteiger partial charge on any atom is 0.148 e. The summed E-state index contributed by atoms with van der Waals surface area (Å²) in [5, 5.41) is 2.77. The molecule has 0 atom stereocenters. The van der Waals surface area contributed by atoms with Crippen molar-refractivity contribution in [2.75, 3.05) is 11.1 Å². The van der Waals surface area contributed by atoms with Gasteiger partial charge in [-0.05, 0) is 30.3 Å². The number of rotatable bonds is 2. The maximum atomic E-state index is 13.3. The lowest BCUT2D eigenvalue weighted by molar-refractivity contribution is 0.629. The Kier molecular flexibility index (Phi) is 2.72. The van der Waals surface area contributed by atoms with E-state index in [1.807, 2.05) is 0 Å². The molecular weight excluding hydrogens is 210 g/mol. The average Bonchev–Trinajstić information content (AvgIpc) is 2.27. The van der Waals surface area contributed by atoms with Crippen LogP contribution in [0.5, 0.6) is 0 Å². The molecule has 0 aliphatic carbocycles. The van der Waals surface area contributed by atoms with Gasteiger partial charge in [0.05, 0.1) is 11.4 Å². The second-order valence-electron chi connectivity index (χ2n) is 3.34. The van der Waals surface area contributed by atoms with Crippen LogP contribution in [0.1, 0.15) is 0 Å². The highest BCUT2D eigenvalue weighted by atomic mass is 19.1. The Morgan fingerprint density at radius 2 is 1.69 bits per heavy atom. The van der Waals surface area contributed by atoms with Gasteiger partial charge < -0.3 is 11.1 Å². The van der Waals surface area contributed by atoms with Gasteiger partial charge in [-0.1, -0.05) is 12.1 Å². The number of benzene rings is 2. The minimum Gasteiger partial charge on any atom is -0.396 e. The molecule has 3 N–H and O–H groups in total. The van der Waals surface area contributed by atoms with Crippen molar-refractivity contribution in [3.63, 3.8) is 0 Å². The smallest absolute Gasteiger partial charge is 0.148 e. The third kappa shape index (κ3) is 2.11. The van der Waals surface area contributed by atoms with Crippen LogP contribution < -0.4 is 11.1 Å². The molecule has 0 saturated heterocycles. The minimum atomic E-state index is -0.527. The maximum absolute atomic E-state index is 13.3. The van der Waals surface area contributed by atoms with Crippen molar-refractivity contribution >= 4 is 17.1 Å². The Labute approximate surface area is 91.7 Å². The van der Waals surface area contributed by atoms with Crippen LogP contribution in [0, 0.1) is 11.6 Å². The molecule has 0 aliphatic rings. The molecule has 4 heteroatoms. The van der Waals surface area contributed by atoms with E-state index in [1.165, 1.54) is 18.2 Å². The van der Waals surface area contributed by atoms with Gasteiger partial charge in [-0.2, -0.15) is 0 Å². The standard InChI is InChI=1S/C12H10F2N2/c13-9-3-1-2-4-12(9)16-8-5-6-11(15)10(14)7-8/h1-7,16H,15H2. The van der Waals surface area contributed by atoms with Crippen molar-refractivity contribution < 1.29 is 8.78 Å². The number of nitrogens with two attached hydrogens (primary N) is 1. The van der Waals surface area contributed by atoms with Crippen molar-refractivity contribution in [1.29, 1.82) is 0 Å². The fourth-order valence-electron chi connectivity index (χ4n) is 1.32. The van der Waals surface area contributed by atoms with E-state index >= 15 is 0 Å². The van der Waals surface area contributed by atoms with Gasteiger partial charge in [0, 0.05) is 5.69 Å². The number of hydrogen-bond donors (Lipinski definition) is 2. The van der Waals surface area contributed by atoms with Gasteiger partial charge in [-0.15, -0.1) is 0 Å². The highest BCUT2D eigenvalue weighted by molar-refractivity contribution is 5.62. The molecule has 0 fully saturated rings. The molecule has 0 saturated carbocycles. The predicted octanol–water partition coefficient (Wildman–Crippen LogP) is 3.29. The van der Waals surface area contributed by atoms with E-state index in [-0.39, 0.29) is 11.5 Å². The minimum absolute atomic E-state index is 0.0686. The zero-order chi connectivity index (χ0) is 11.5. The summed E-state index contributed by atoms with van der Waals surface area (Å²) in [6, 6.07) is 10.4. The summed E-state index contributed by atoms with van der Waals surface area (Å²) in [4.78, 5) is 0. The van der Waals surface area contributed by atoms with E-state index in [1.54, 1.807) is 24.3 Å². The molecule has 0 unspecified atom stereocenters. The first-order valence-electron chi connectivity index (χ1n) is 4.73. The van der Waals surface area contributed by atoms with E-state index in [9.17, 15) is 8.78 Å². The molecule has 0 amide bonds. The molecule has 2 rings (SSSR count). The third-order valence-corrected chi connectivity index (χ3v) is 2.15. The molecule has 0 aliphatic heterocycles. The summed E-state index contributed by atoms with van der Waals surface area (Å²) in [5.41, 5.74) is 6.16. The fraction of sp³-hybridized carbons (Fsp3) is 0. The zero-order valence-electron chi connectivity index (χ0n) is 8.37. The number of nitrogens with one attached hydrogen (secondary N) is 1. The Hall–Kier alpha value is -2.10. The SMILES string of the molecule is Nc1ccc(Nc2ccccc2F)cc1F. The fourth-order valence-corrected chi connectivity index (χ4v) is 1.32. The molecule has 2 aromatic rings.